The molecule has 0 saturated carbocycles. The zero-order valence-corrected chi connectivity index (χ0v) is 15.7. The topological polar surface area (TPSA) is 55.4 Å². The van der Waals surface area contributed by atoms with Crippen molar-refractivity contribution in [2.24, 2.45) is 0 Å². The lowest BCUT2D eigenvalue weighted by atomic mass is 9.99. The molecule has 0 aliphatic heterocycles. The van der Waals surface area contributed by atoms with Gasteiger partial charge < -0.3 is 10.1 Å². The summed E-state index contributed by atoms with van der Waals surface area (Å²) < 4.78 is 4.59. The molecule has 0 saturated heterocycles. The van der Waals surface area contributed by atoms with Gasteiger partial charge in [0.15, 0.2) is 0 Å². The van der Waals surface area contributed by atoms with Gasteiger partial charge in [0.2, 0.25) is 0 Å². The van der Waals surface area contributed by atoms with Crippen molar-refractivity contribution >= 4 is 34.9 Å². The number of benzene rings is 2. The van der Waals surface area contributed by atoms with Crippen LogP contribution in [0.2, 0.25) is 0 Å². The predicted molar refractivity (Wildman–Crippen MR) is 109 cm³/mol. The Morgan fingerprint density at radius 1 is 0.963 bits per heavy atom. The lowest BCUT2D eigenvalue weighted by Crippen LogP contribution is -2.30. The van der Waals surface area contributed by atoms with E-state index in [4.69, 9.17) is 0 Å². The molecule has 4 nitrogen and oxygen atoms in total. The van der Waals surface area contributed by atoms with Gasteiger partial charge in [-0.05, 0) is 34.2 Å². The molecule has 0 bridgehead atoms. The highest BCUT2D eigenvalue weighted by Crippen LogP contribution is 2.25. The molecule has 0 radical (unpaired) electrons. The number of hydrogen-bond acceptors (Lipinski definition) is 4. The number of thiophene rings is 1. The molecule has 2 aromatic carbocycles. The third-order valence-corrected chi connectivity index (χ3v) is 4.82. The first kappa shape index (κ1) is 18.6. The van der Waals surface area contributed by atoms with Gasteiger partial charge in [-0.25, -0.2) is 0 Å². The van der Waals surface area contributed by atoms with Crippen molar-refractivity contribution in [3.63, 3.8) is 0 Å². The van der Waals surface area contributed by atoms with Gasteiger partial charge in [-0.1, -0.05) is 60.7 Å². The summed E-state index contributed by atoms with van der Waals surface area (Å²) in [6, 6.07) is 21.7. The van der Waals surface area contributed by atoms with Gasteiger partial charge in [0.25, 0.3) is 5.91 Å². The summed E-state index contributed by atoms with van der Waals surface area (Å²) in [6.07, 6.45) is 1.83. The molecule has 3 aromatic rings. The fraction of sp³-hybridized carbons (Fsp3) is 0.0909. The Morgan fingerprint density at radius 3 is 2.30 bits per heavy atom. The highest BCUT2D eigenvalue weighted by atomic mass is 32.1. The SMILES string of the molecule is COC(=O)CNC(=O)/C(=C/c1cccs1)c1ccc(-c2ccccc2)cc1. The number of ether oxygens (including phenoxy) is 1. The minimum absolute atomic E-state index is 0.167. The number of esters is 1. The summed E-state index contributed by atoms with van der Waals surface area (Å²) in [5.74, 6) is -0.806. The molecule has 0 aliphatic carbocycles. The molecule has 5 heteroatoms. The van der Waals surface area contributed by atoms with Crippen LogP contribution in [-0.2, 0) is 14.3 Å². The first-order valence-corrected chi connectivity index (χ1v) is 9.31. The molecular weight excluding hydrogens is 358 g/mol. The number of methoxy groups -OCH3 is 1. The summed E-state index contributed by atoms with van der Waals surface area (Å²) in [4.78, 5) is 25.0. The first-order valence-electron chi connectivity index (χ1n) is 8.43. The molecule has 0 unspecified atom stereocenters. The number of nitrogens with one attached hydrogen (secondary N) is 1. The van der Waals surface area contributed by atoms with Gasteiger partial charge in [-0.3, -0.25) is 9.59 Å². The third kappa shape index (κ3) is 4.92. The maximum absolute atomic E-state index is 12.7. The summed E-state index contributed by atoms with van der Waals surface area (Å²) in [5, 5.41) is 4.57. The van der Waals surface area contributed by atoms with Gasteiger partial charge in [0.05, 0.1) is 7.11 Å². The molecule has 0 aliphatic rings. The van der Waals surface area contributed by atoms with Crippen LogP contribution in [0.15, 0.2) is 72.1 Å². The Bertz CT molecular complexity index is 929. The largest absolute Gasteiger partial charge is 0.468 e. The Hall–Kier alpha value is -3.18. The molecule has 0 spiro atoms. The quantitative estimate of drug-likeness (QED) is 0.516. The van der Waals surface area contributed by atoms with Crippen LogP contribution in [0.3, 0.4) is 0 Å². The van der Waals surface area contributed by atoms with Gasteiger partial charge in [0, 0.05) is 10.5 Å². The van der Waals surface area contributed by atoms with Crippen LogP contribution in [-0.4, -0.2) is 25.5 Å². The number of carbonyl (C=O) groups is 2. The van der Waals surface area contributed by atoms with Crippen LogP contribution in [0, 0.1) is 0 Å². The smallest absolute Gasteiger partial charge is 0.325 e. The Morgan fingerprint density at radius 2 is 1.67 bits per heavy atom. The van der Waals surface area contributed by atoms with Crippen molar-refractivity contribution in [1.29, 1.82) is 0 Å². The zero-order chi connectivity index (χ0) is 19.1. The van der Waals surface area contributed by atoms with Crippen LogP contribution >= 0.6 is 11.3 Å². The Balaban J connectivity index is 1.88. The highest BCUT2D eigenvalue weighted by molar-refractivity contribution is 7.11. The minimum Gasteiger partial charge on any atom is -0.468 e. The third-order valence-electron chi connectivity index (χ3n) is 4.00. The van der Waals surface area contributed by atoms with Crippen molar-refractivity contribution in [3.05, 3.63) is 82.6 Å². The zero-order valence-electron chi connectivity index (χ0n) is 14.8. The average molecular weight is 377 g/mol. The second kappa shape index (κ2) is 8.96. The molecule has 27 heavy (non-hydrogen) atoms. The summed E-state index contributed by atoms with van der Waals surface area (Å²) in [5.41, 5.74) is 3.47. The monoisotopic (exact) mass is 377 g/mol. The van der Waals surface area contributed by atoms with Crippen molar-refractivity contribution in [2.75, 3.05) is 13.7 Å². The lowest BCUT2D eigenvalue weighted by molar-refractivity contribution is -0.140. The van der Waals surface area contributed by atoms with E-state index in [2.05, 4.69) is 10.1 Å². The normalized spacial score (nSPS) is 11.1. The van der Waals surface area contributed by atoms with Gasteiger partial charge in [-0.15, -0.1) is 11.3 Å². The maximum Gasteiger partial charge on any atom is 0.325 e. The van der Waals surface area contributed by atoms with Crippen molar-refractivity contribution in [1.82, 2.24) is 5.32 Å². The number of rotatable bonds is 6. The number of hydrogen-bond donors (Lipinski definition) is 1. The van der Waals surface area contributed by atoms with Crippen LogP contribution in [0.5, 0.6) is 0 Å². The van der Waals surface area contributed by atoms with E-state index in [-0.39, 0.29) is 12.5 Å². The van der Waals surface area contributed by atoms with E-state index < -0.39 is 5.97 Å². The van der Waals surface area contributed by atoms with E-state index in [0.29, 0.717) is 5.57 Å². The summed E-state index contributed by atoms with van der Waals surface area (Å²) in [7, 11) is 1.29. The summed E-state index contributed by atoms with van der Waals surface area (Å²) >= 11 is 1.54. The van der Waals surface area contributed by atoms with E-state index >= 15 is 0 Å². The van der Waals surface area contributed by atoms with Crippen LogP contribution in [0.1, 0.15) is 10.4 Å². The van der Waals surface area contributed by atoms with E-state index in [1.807, 2.05) is 78.2 Å². The fourth-order valence-corrected chi connectivity index (χ4v) is 3.25. The molecule has 1 N–H and O–H groups in total. The van der Waals surface area contributed by atoms with Crippen molar-refractivity contribution < 1.29 is 14.3 Å². The second-order valence-electron chi connectivity index (χ2n) is 5.78. The molecule has 3 rings (SSSR count). The van der Waals surface area contributed by atoms with Crippen LogP contribution < -0.4 is 5.32 Å². The van der Waals surface area contributed by atoms with E-state index in [9.17, 15) is 9.59 Å². The Kier molecular flexibility index (Phi) is 6.18. The highest BCUT2D eigenvalue weighted by Gasteiger charge is 2.14. The van der Waals surface area contributed by atoms with Crippen LogP contribution in [0.4, 0.5) is 0 Å². The Labute approximate surface area is 162 Å². The molecular formula is C22H19NO3S. The van der Waals surface area contributed by atoms with E-state index in [1.165, 1.54) is 7.11 Å². The standard InChI is InChI=1S/C22H19NO3S/c1-26-21(24)15-23-22(25)20(14-19-8-5-13-27-19)18-11-9-17(10-12-18)16-6-3-2-4-7-16/h2-14H,15H2,1H3,(H,23,25)/b20-14+. The fourth-order valence-electron chi connectivity index (χ4n) is 2.59. The molecule has 1 aromatic heterocycles. The second-order valence-corrected chi connectivity index (χ2v) is 6.75. The van der Waals surface area contributed by atoms with Gasteiger partial charge in [0.1, 0.15) is 6.54 Å². The first-order chi connectivity index (χ1) is 13.2. The number of carbonyl (C=O) groups excluding carboxylic acids is 2. The lowest BCUT2D eigenvalue weighted by Gasteiger charge is -2.10. The molecule has 0 atom stereocenters. The maximum atomic E-state index is 12.7. The van der Waals surface area contributed by atoms with Gasteiger partial charge >= 0.3 is 5.97 Å². The average Bonchev–Trinajstić information content (AvgIpc) is 3.24. The molecule has 0 fully saturated rings. The molecule has 1 amide bonds. The summed E-state index contributed by atoms with van der Waals surface area (Å²) in [6.45, 7) is -0.167. The van der Waals surface area contributed by atoms with Crippen molar-refractivity contribution in [2.45, 2.75) is 0 Å². The minimum atomic E-state index is -0.488. The number of amides is 1. The van der Waals surface area contributed by atoms with E-state index in [1.54, 1.807) is 11.3 Å². The van der Waals surface area contributed by atoms with Gasteiger partial charge in [-0.2, -0.15) is 0 Å². The van der Waals surface area contributed by atoms with Crippen LogP contribution in [0.25, 0.3) is 22.8 Å². The van der Waals surface area contributed by atoms with Crippen molar-refractivity contribution in [3.8, 4) is 11.1 Å². The molecule has 1 heterocycles. The molecule has 136 valence electrons. The van der Waals surface area contributed by atoms with E-state index in [0.717, 1.165) is 21.6 Å². The predicted octanol–water partition coefficient (Wildman–Crippen LogP) is 4.24.